The average molecular weight is 270 g/mol. The molecular formula is C10H18N6O3. The van der Waals surface area contributed by atoms with Gasteiger partial charge < -0.3 is 10.4 Å². The summed E-state index contributed by atoms with van der Waals surface area (Å²) in [6.45, 7) is 0.527. The van der Waals surface area contributed by atoms with Crippen molar-refractivity contribution in [2.24, 2.45) is 7.05 Å². The Labute approximate surface area is 110 Å². The molecule has 0 atom stereocenters. The van der Waals surface area contributed by atoms with Crippen LogP contribution in [-0.4, -0.2) is 43.9 Å². The third-order valence-corrected chi connectivity index (χ3v) is 2.34. The zero-order valence-electron chi connectivity index (χ0n) is 10.8. The van der Waals surface area contributed by atoms with Crippen LogP contribution in [0, 0.1) is 0 Å². The number of aromatic nitrogens is 4. The quantitative estimate of drug-likeness (QED) is 0.586. The smallest absolute Gasteiger partial charge is 0.321 e. The number of amides is 2. The minimum absolute atomic E-state index is 0.154. The first-order valence-corrected chi connectivity index (χ1v) is 6.08. The molecule has 0 spiro atoms. The summed E-state index contributed by atoms with van der Waals surface area (Å²) < 4.78 is 0. The van der Waals surface area contributed by atoms with E-state index in [-0.39, 0.29) is 18.4 Å². The Balaban J connectivity index is 2.00. The molecular weight excluding hydrogens is 252 g/mol. The van der Waals surface area contributed by atoms with Crippen LogP contribution in [0.25, 0.3) is 0 Å². The molecule has 0 aliphatic carbocycles. The molecule has 0 unspecified atom stereocenters. The Morgan fingerprint density at radius 3 is 2.63 bits per heavy atom. The Kier molecular flexibility index (Phi) is 6.27. The molecule has 9 nitrogen and oxygen atoms in total. The number of anilines is 1. The van der Waals surface area contributed by atoms with E-state index in [1.54, 1.807) is 7.05 Å². The van der Waals surface area contributed by atoms with Crippen molar-refractivity contribution in [3.05, 3.63) is 0 Å². The standard InChI is InChI=1S/C10H18N6O3/c1-16-14-9(13-15-16)12-10(19)11-7-5-3-2-4-6-8(17)18/h2-7H2,1H3,(H,17,18)(H2,11,12,14,19). The molecule has 0 aliphatic rings. The van der Waals surface area contributed by atoms with Crippen molar-refractivity contribution in [3.63, 3.8) is 0 Å². The lowest BCUT2D eigenvalue weighted by Crippen LogP contribution is -2.30. The van der Waals surface area contributed by atoms with Gasteiger partial charge in [0.25, 0.3) is 5.95 Å². The molecule has 106 valence electrons. The number of unbranched alkanes of at least 4 members (excludes halogenated alkanes) is 3. The van der Waals surface area contributed by atoms with Gasteiger partial charge in [-0.1, -0.05) is 17.9 Å². The van der Waals surface area contributed by atoms with Crippen LogP contribution in [0.4, 0.5) is 10.7 Å². The van der Waals surface area contributed by atoms with Crippen LogP contribution < -0.4 is 10.6 Å². The number of rotatable bonds is 8. The number of hydrogen-bond acceptors (Lipinski definition) is 5. The molecule has 9 heteroatoms. The molecule has 3 N–H and O–H groups in total. The Morgan fingerprint density at radius 2 is 2.00 bits per heavy atom. The Morgan fingerprint density at radius 1 is 1.26 bits per heavy atom. The number of aliphatic carboxylic acids is 1. The van der Waals surface area contributed by atoms with Crippen LogP contribution in [-0.2, 0) is 11.8 Å². The number of tetrazole rings is 1. The van der Waals surface area contributed by atoms with Crippen LogP contribution >= 0.6 is 0 Å². The van der Waals surface area contributed by atoms with Gasteiger partial charge in [-0.25, -0.2) is 4.79 Å². The number of carboxylic acid groups (broad SMARTS) is 1. The Bertz CT molecular complexity index is 419. The van der Waals surface area contributed by atoms with Crippen LogP contribution in [0.3, 0.4) is 0 Å². The first-order valence-electron chi connectivity index (χ1n) is 6.08. The van der Waals surface area contributed by atoms with Gasteiger partial charge in [0.15, 0.2) is 0 Å². The molecule has 0 fully saturated rings. The zero-order valence-corrected chi connectivity index (χ0v) is 10.8. The molecule has 19 heavy (non-hydrogen) atoms. The van der Waals surface area contributed by atoms with Gasteiger partial charge in [-0.2, -0.15) is 4.80 Å². The molecule has 2 amide bonds. The van der Waals surface area contributed by atoms with Gasteiger partial charge in [-0.3, -0.25) is 10.1 Å². The summed E-state index contributed by atoms with van der Waals surface area (Å²) in [4.78, 5) is 22.9. The lowest BCUT2D eigenvalue weighted by atomic mass is 10.1. The van der Waals surface area contributed by atoms with Gasteiger partial charge in [0.05, 0.1) is 7.05 Å². The number of nitrogens with zero attached hydrogens (tertiary/aromatic N) is 4. The second-order valence-electron chi connectivity index (χ2n) is 4.04. The highest BCUT2D eigenvalue weighted by Crippen LogP contribution is 2.02. The lowest BCUT2D eigenvalue weighted by Gasteiger charge is -2.04. The molecule has 0 saturated heterocycles. The topological polar surface area (TPSA) is 122 Å². The van der Waals surface area contributed by atoms with Gasteiger partial charge in [0.1, 0.15) is 0 Å². The van der Waals surface area contributed by atoms with Crippen molar-refractivity contribution in [1.82, 2.24) is 25.5 Å². The molecule has 0 aromatic carbocycles. The van der Waals surface area contributed by atoms with E-state index in [1.807, 2.05) is 0 Å². The average Bonchev–Trinajstić information content (AvgIpc) is 2.73. The van der Waals surface area contributed by atoms with Crippen LogP contribution in [0.15, 0.2) is 0 Å². The summed E-state index contributed by atoms with van der Waals surface area (Å²) in [5, 5.41) is 24.5. The van der Waals surface area contributed by atoms with E-state index in [0.717, 1.165) is 19.3 Å². The van der Waals surface area contributed by atoms with E-state index >= 15 is 0 Å². The fourth-order valence-corrected chi connectivity index (χ4v) is 1.44. The van der Waals surface area contributed by atoms with Crippen LogP contribution in [0.2, 0.25) is 0 Å². The highest BCUT2D eigenvalue weighted by atomic mass is 16.4. The largest absolute Gasteiger partial charge is 0.481 e. The normalized spacial score (nSPS) is 10.2. The molecule has 1 aromatic rings. The fourth-order valence-electron chi connectivity index (χ4n) is 1.44. The summed E-state index contributed by atoms with van der Waals surface area (Å²) in [6, 6.07) is -0.376. The molecule has 1 rings (SSSR count). The molecule has 0 aliphatic heterocycles. The van der Waals surface area contributed by atoms with Crippen molar-refractivity contribution < 1.29 is 14.7 Å². The second-order valence-corrected chi connectivity index (χ2v) is 4.04. The number of nitrogens with one attached hydrogen (secondary N) is 2. The molecule has 0 saturated carbocycles. The second kappa shape index (κ2) is 8.01. The van der Waals surface area contributed by atoms with E-state index in [2.05, 4.69) is 26.0 Å². The number of carboxylic acids is 1. The summed E-state index contributed by atoms with van der Waals surface area (Å²) in [7, 11) is 1.60. The van der Waals surface area contributed by atoms with Crippen molar-refractivity contribution >= 4 is 17.9 Å². The fraction of sp³-hybridized carbons (Fsp3) is 0.700. The molecule has 0 radical (unpaired) electrons. The first kappa shape index (κ1) is 14.9. The maximum absolute atomic E-state index is 11.4. The van der Waals surface area contributed by atoms with E-state index in [1.165, 1.54) is 4.80 Å². The zero-order chi connectivity index (χ0) is 14.1. The van der Waals surface area contributed by atoms with E-state index < -0.39 is 5.97 Å². The summed E-state index contributed by atoms with van der Waals surface area (Å²) in [5.74, 6) is -0.615. The Hall–Kier alpha value is -2.19. The predicted molar refractivity (Wildman–Crippen MR) is 66.5 cm³/mol. The van der Waals surface area contributed by atoms with Gasteiger partial charge in [0, 0.05) is 13.0 Å². The predicted octanol–water partition coefficient (Wildman–Crippen LogP) is 0.367. The highest BCUT2D eigenvalue weighted by molar-refractivity contribution is 5.87. The maximum atomic E-state index is 11.4. The molecule has 1 aromatic heterocycles. The van der Waals surface area contributed by atoms with E-state index in [0.29, 0.717) is 13.0 Å². The summed E-state index contributed by atoms with van der Waals surface area (Å²) in [5.41, 5.74) is 0. The van der Waals surface area contributed by atoms with Crippen molar-refractivity contribution in [2.45, 2.75) is 32.1 Å². The van der Waals surface area contributed by atoms with Crippen LogP contribution in [0.1, 0.15) is 32.1 Å². The van der Waals surface area contributed by atoms with Gasteiger partial charge in [-0.05, 0) is 18.1 Å². The molecule has 1 heterocycles. The lowest BCUT2D eigenvalue weighted by molar-refractivity contribution is -0.137. The minimum Gasteiger partial charge on any atom is -0.481 e. The number of carbonyl (C=O) groups is 2. The number of urea groups is 1. The van der Waals surface area contributed by atoms with E-state index in [9.17, 15) is 9.59 Å². The maximum Gasteiger partial charge on any atom is 0.321 e. The number of aryl methyl sites for hydroxylation is 1. The SMILES string of the molecule is Cn1nnc(NC(=O)NCCCCCCC(=O)O)n1. The van der Waals surface area contributed by atoms with Gasteiger partial charge in [0.2, 0.25) is 0 Å². The molecule has 0 bridgehead atoms. The monoisotopic (exact) mass is 270 g/mol. The summed E-state index contributed by atoms with van der Waals surface area (Å²) in [6.07, 6.45) is 3.41. The van der Waals surface area contributed by atoms with E-state index in [4.69, 9.17) is 5.11 Å². The van der Waals surface area contributed by atoms with Gasteiger partial charge in [-0.15, -0.1) is 5.10 Å². The third-order valence-electron chi connectivity index (χ3n) is 2.34. The van der Waals surface area contributed by atoms with Crippen molar-refractivity contribution in [2.75, 3.05) is 11.9 Å². The van der Waals surface area contributed by atoms with Crippen molar-refractivity contribution in [1.29, 1.82) is 0 Å². The van der Waals surface area contributed by atoms with Crippen molar-refractivity contribution in [3.8, 4) is 0 Å². The summed E-state index contributed by atoms with van der Waals surface area (Å²) >= 11 is 0. The third kappa shape index (κ3) is 6.96. The minimum atomic E-state index is -0.769. The highest BCUT2D eigenvalue weighted by Gasteiger charge is 2.05. The van der Waals surface area contributed by atoms with Crippen LogP contribution in [0.5, 0.6) is 0 Å². The first-order chi connectivity index (χ1) is 9.08. The number of hydrogen-bond donors (Lipinski definition) is 3. The van der Waals surface area contributed by atoms with Gasteiger partial charge >= 0.3 is 12.0 Å². The number of carbonyl (C=O) groups excluding carboxylic acids is 1.